The number of likely N-dealkylation sites (tertiary alicyclic amines) is 1. The van der Waals surface area contributed by atoms with Crippen LogP contribution in [0.15, 0.2) is 132 Å². The Morgan fingerprint density at radius 3 is 2.25 bits per heavy atom. The van der Waals surface area contributed by atoms with Crippen LogP contribution in [0.4, 0.5) is 0 Å². The highest BCUT2D eigenvalue weighted by Gasteiger charge is 2.34. The summed E-state index contributed by atoms with van der Waals surface area (Å²) in [6.07, 6.45) is 0.313. The zero-order chi connectivity index (χ0) is 39.1. The van der Waals surface area contributed by atoms with Crippen molar-refractivity contribution in [3.8, 4) is 11.1 Å². The zero-order valence-electron chi connectivity index (χ0n) is 31.5. The van der Waals surface area contributed by atoms with Crippen LogP contribution in [0, 0.1) is 6.92 Å². The van der Waals surface area contributed by atoms with Crippen molar-refractivity contribution in [3.63, 3.8) is 0 Å². The Morgan fingerprint density at radius 1 is 0.821 bits per heavy atom. The summed E-state index contributed by atoms with van der Waals surface area (Å²) in [7, 11) is -3.97. The molecule has 2 saturated heterocycles. The predicted octanol–water partition coefficient (Wildman–Crippen LogP) is 5.97. The number of aliphatic hydroxyl groups is 2. The number of hydrogen-bond acceptors (Lipinski definition) is 8. The lowest BCUT2D eigenvalue weighted by molar-refractivity contribution is -0.252. The molecule has 2 heterocycles. The molecule has 56 heavy (non-hydrogen) atoms. The maximum absolute atomic E-state index is 13.7. The number of carbonyl (C=O) groups excluding carboxylic acids is 1. The average molecular weight is 776 g/mol. The first-order valence-corrected chi connectivity index (χ1v) is 20.6. The minimum Gasteiger partial charge on any atom is -0.392 e. The number of aryl methyl sites for hydroxylation is 1. The number of nitrogens with one attached hydrogen (secondary N) is 2. The Bertz CT molecular complexity index is 2180. The SMILES string of the molecule is Cc1ccc(S(=O)(=O)N[C@H](Cc2ccccc2)C(=O)NCc2cccc(-c3cccc([C@H]4O[C@@H](CN5CC[C@H](O)C5)C[C@@H](c5ccc(CO)cc5)O4)c3)c2)cc1. The Morgan fingerprint density at radius 2 is 1.54 bits per heavy atom. The fourth-order valence-corrected chi connectivity index (χ4v) is 8.54. The summed E-state index contributed by atoms with van der Waals surface area (Å²) in [4.78, 5) is 16.0. The molecular weight excluding hydrogens is 727 g/mol. The average Bonchev–Trinajstić information content (AvgIpc) is 3.64. The lowest BCUT2D eigenvalue weighted by Crippen LogP contribution is -2.47. The Balaban J connectivity index is 1.06. The topological polar surface area (TPSA) is 137 Å². The van der Waals surface area contributed by atoms with Crippen LogP contribution >= 0.6 is 0 Å². The molecule has 2 aliphatic rings. The molecular formula is C45H49N3O7S. The van der Waals surface area contributed by atoms with Gasteiger partial charge in [-0.25, -0.2) is 8.42 Å². The first kappa shape index (κ1) is 39.5. The van der Waals surface area contributed by atoms with Gasteiger partial charge in [-0.2, -0.15) is 4.72 Å². The summed E-state index contributed by atoms with van der Waals surface area (Å²) < 4.78 is 42.6. The standard InChI is InChI=1S/C45H49N3O7S/c1-31-13-19-41(20-14-31)56(52,53)47-42(24-32-7-3-2-4-8-32)44(51)46-27-34-9-5-10-36(23-34)37-11-6-12-38(25-37)45-54-40(29-48-22-21-39(50)28-48)26-43(55-45)35-17-15-33(30-49)16-18-35/h2-20,23,25,39-40,42-43,45,47,49-50H,21-22,24,26-30H2,1H3,(H,46,51)/t39-,40+,42+,43-,45-/m0/s1. The van der Waals surface area contributed by atoms with Gasteiger partial charge in [0.1, 0.15) is 6.04 Å². The second-order valence-electron chi connectivity index (χ2n) is 14.8. The molecule has 5 aromatic carbocycles. The van der Waals surface area contributed by atoms with Crippen molar-refractivity contribution < 1.29 is 32.9 Å². The van der Waals surface area contributed by atoms with E-state index in [1.165, 1.54) is 12.1 Å². The van der Waals surface area contributed by atoms with Crippen LogP contribution in [-0.2, 0) is 43.9 Å². The maximum Gasteiger partial charge on any atom is 0.241 e. The largest absolute Gasteiger partial charge is 0.392 e. The predicted molar refractivity (Wildman–Crippen MR) is 215 cm³/mol. The minimum absolute atomic E-state index is 0.0251. The van der Waals surface area contributed by atoms with E-state index in [1.807, 2.05) is 104 Å². The quantitative estimate of drug-likeness (QED) is 0.108. The number of hydrogen-bond donors (Lipinski definition) is 4. The van der Waals surface area contributed by atoms with Gasteiger partial charge in [-0.1, -0.05) is 109 Å². The number of amides is 1. The smallest absolute Gasteiger partial charge is 0.241 e. The van der Waals surface area contributed by atoms with Gasteiger partial charge < -0.3 is 25.0 Å². The number of carbonyl (C=O) groups is 1. The molecule has 0 spiro atoms. The van der Waals surface area contributed by atoms with Gasteiger partial charge in [0.15, 0.2) is 6.29 Å². The summed E-state index contributed by atoms with van der Waals surface area (Å²) in [5.74, 6) is -0.429. The Labute approximate surface area is 329 Å². The van der Waals surface area contributed by atoms with Crippen molar-refractivity contribution in [1.82, 2.24) is 14.9 Å². The second-order valence-corrected chi connectivity index (χ2v) is 16.5. The first-order valence-electron chi connectivity index (χ1n) is 19.1. The second kappa shape index (κ2) is 18.0. The van der Waals surface area contributed by atoms with Crippen LogP contribution in [-0.4, -0.2) is 67.3 Å². The van der Waals surface area contributed by atoms with Crippen molar-refractivity contribution in [2.75, 3.05) is 19.6 Å². The number of aliphatic hydroxyl groups excluding tert-OH is 2. The molecule has 5 atom stereocenters. The van der Waals surface area contributed by atoms with Crippen LogP contribution in [0.1, 0.15) is 58.6 Å². The summed E-state index contributed by atoms with van der Waals surface area (Å²) in [5, 5.41) is 22.7. The van der Waals surface area contributed by atoms with Crippen molar-refractivity contribution in [1.29, 1.82) is 0 Å². The number of sulfonamides is 1. The maximum atomic E-state index is 13.7. The summed E-state index contributed by atoms with van der Waals surface area (Å²) in [6, 6.07) is 38.6. The molecule has 0 radical (unpaired) electrons. The highest BCUT2D eigenvalue weighted by molar-refractivity contribution is 7.89. The molecule has 292 valence electrons. The third-order valence-corrected chi connectivity index (χ3v) is 11.9. The van der Waals surface area contributed by atoms with Gasteiger partial charge in [0.2, 0.25) is 15.9 Å². The van der Waals surface area contributed by atoms with E-state index < -0.39 is 28.3 Å². The van der Waals surface area contributed by atoms with E-state index in [2.05, 4.69) is 21.0 Å². The first-order chi connectivity index (χ1) is 27.1. The monoisotopic (exact) mass is 775 g/mol. The lowest BCUT2D eigenvalue weighted by Gasteiger charge is -2.38. The van der Waals surface area contributed by atoms with E-state index in [9.17, 15) is 23.4 Å². The normalized spacial score (nSPS) is 20.8. The summed E-state index contributed by atoms with van der Waals surface area (Å²) in [6.45, 7) is 4.20. The molecule has 0 saturated carbocycles. The Kier molecular flexibility index (Phi) is 12.7. The molecule has 5 aromatic rings. The highest BCUT2D eigenvalue weighted by atomic mass is 32.2. The molecule has 0 aromatic heterocycles. The molecule has 2 aliphatic heterocycles. The number of benzene rings is 5. The molecule has 7 rings (SSSR count). The van der Waals surface area contributed by atoms with Gasteiger partial charge in [-0.3, -0.25) is 9.69 Å². The fourth-order valence-electron chi connectivity index (χ4n) is 7.35. The van der Waals surface area contributed by atoms with Crippen LogP contribution in [0.2, 0.25) is 0 Å². The van der Waals surface area contributed by atoms with Crippen LogP contribution < -0.4 is 10.0 Å². The molecule has 11 heteroatoms. The van der Waals surface area contributed by atoms with E-state index in [-0.39, 0.29) is 42.8 Å². The van der Waals surface area contributed by atoms with Crippen LogP contribution in [0.3, 0.4) is 0 Å². The molecule has 0 aliphatic carbocycles. The molecule has 0 bridgehead atoms. The van der Waals surface area contributed by atoms with Crippen LogP contribution in [0.5, 0.6) is 0 Å². The van der Waals surface area contributed by atoms with Crippen LogP contribution in [0.25, 0.3) is 11.1 Å². The Hall–Kier alpha value is -4.72. The molecule has 10 nitrogen and oxygen atoms in total. The highest BCUT2D eigenvalue weighted by Crippen LogP contribution is 2.39. The molecule has 4 N–H and O–H groups in total. The van der Waals surface area contributed by atoms with Gasteiger partial charge in [-0.15, -0.1) is 0 Å². The third kappa shape index (κ3) is 10.2. The number of nitrogens with zero attached hydrogens (tertiary/aromatic N) is 1. The van der Waals surface area contributed by atoms with Gasteiger partial charge in [0.05, 0.1) is 29.8 Å². The van der Waals surface area contributed by atoms with E-state index in [0.717, 1.165) is 57.5 Å². The van der Waals surface area contributed by atoms with Crippen molar-refractivity contribution >= 4 is 15.9 Å². The van der Waals surface area contributed by atoms with Crippen molar-refractivity contribution in [2.45, 2.75) is 74.9 Å². The number of ether oxygens (including phenoxy) is 2. The van der Waals surface area contributed by atoms with Gasteiger partial charge in [0.25, 0.3) is 0 Å². The summed E-state index contributed by atoms with van der Waals surface area (Å²) >= 11 is 0. The summed E-state index contributed by atoms with van der Waals surface area (Å²) in [5.41, 5.74) is 7.23. The van der Waals surface area contributed by atoms with Gasteiger partial charge in [0, 0.05) is 38.2 Å². The van der Waals surface area contributed by atoms with Gasteiger partial charge >= 0.3 is 0 Å². The van der Waals surface area contributed by atoms with E-state index in [0.29, 0.717) is 19.5 Å². The molecule has 2 fully saturated rings. The number of β-amino-alcohol motifs (C(OH)–C–C–N with tert-alkyl or cyclic N) is 1. The lowest BCUT2D eigenvalue weighted by atomic mass is 9.98. The van der Waals surface area contributed by atoms with Gasteiger partial charge in [-0.05, 0) is 77.4 Å². The fraction of sp³-hybridized carbons (Fsp3) is 0.311. The molecule has 0 unspecified atom stereocenters. The van der Waals surface area contributed by atoms with E-state index in [4.69, 9.17) is 9.47 Å². The molecule has 1 amide bonds. The van der Waals surface area contributed by atoms with Crippen molar-refractivity contribution in [2.24, 2.45) is 0 Å². The minimum atomic E-state index is -3.97. The van der Waals surface area contributed by atoms with E-state index >= 15 is 0 Å². The zero-order valence-corrected chi connectivity index (χ0v) is 32.3. The number of rotatable bonds is 14. The third-order valence-electron chi connectivity index (χ3n) is 10.4. The van der Waals surface area contributed by atoms with Crippen molar-refractivity contribution in [3.05, 3.63) is 161 Å². The van der Waals surface area contributed by atoms with E-state index in [1.54, 1.807) is 12.1 Å².